The zero-order chi connectivity index (χ0) is 17.1. The fourth-order valence-electron chi connectivity index (χ4n) is 3.33. The molecule has 128 valence electrons. The zero-order valence-corrected chi connectivity index (χ0v) is 14.1. The molecule has 2 aromatic carbocycles. The van der Waals surface area contributed by atoms with Crippen molar-refractivity contribution >= 4 is 11.4 Å². The lowest BCUT2D eigenvalue weighted by molar-refractivity contribution is 0.250. The van der Waals surface area contributed by atoms with Crippen LogP contribution in [0.25, 0.3) is 5.69 Å². The van der Waals surface area contributed by atoms with E-state index in [1.54, 1.807) is 12.7 Å². The van der Waals surface area contributed by atoms with Gasteiger partial charge in [0.05, 0.1) is 11.4 Å². The van der Waals surface area contributed by atoms with E-state index in [0.717, 1.165) is 44.1 Å². The Morgan fingerprint density at radius 3 is 2.28 bits per heavy atom. The molecule has 0 aliphatic carbocycles. The first-order chi connectivity index (χ1) is 12.3. The Morgan fingerprint density at radius 2 is 1.56 bits per heavy atom. The van der Waals surface area contributed by atoms with Crippen molar-refractivity contribution in [2.45, 2.75) is 6.54 Å². The summed E-state index contributed by atoms with van der Waals surface area (Å²) in [6.45, 7) is 5.08. The van der Waals surface area contributed by atoms with E-state index in [0.29, 0.717) is 0 Å². The highest BCUT2D eigenvalue weighted by molar-refractivity contribution is 5.68. The SMILES string of the molecule is Nc1ccc(N2CCN(Cc3ccccc3)CC2)c(-n2cnnc2)c1. The molecule has 0 radical (unpaired) electrons. The van der Waals surface area contributed by atoms with Crippen LogP contribution in [0.4, 0.5) is 11.4 Å². The molecule has 2 heterocycles. The average molecular weight is 334 g/mol. The molecule has 4 rings (SSSR count). The summed E-state index contributed by atoms with van der Waals surface area (Å²) in [5.74, 6) is 0. The molecule has 1 fully saturated rings. The summed E-state index contributed by atoms with van der Waals surface area (Å²) in [5.41, 5.74) is 10.3. The van der Waals surface area contributed by atoms with Gasteiger partial charge in [0.25, 0.3) is 0 Å². The van der Waals surface area contributed by atoms with Gasteiger partial charge in [0.2, 0.25) is 0 Å². The summed E-state index contributed by atoms with van der Waals surface area (Å²) >= 11 is 0. The van der Waals surface area contributed by atoms with E-state index in [1.807, 2.05) is 16.7 Å². The van der Waals surface area contributed by atoms with Crippen molar-refractivity contribution in [1.29, 1.82) is 0 Å². The maximum Gasteiger partial charge on any atom is 0.123 e. The number of benzene rings is 2. The van der Waals surface area contributed by atoms with E-state index in [9.17, 15) is 0 Å². The molecule has 0 atom stereocenters. The lowest BCUT2D eigenvalue weighted by Crippen LogP contribution is -2.46. The normalized spacial score (nSPS) is 15.4. The third kappa shape index (κ3) is 3.49. The van der Waals surface area contributed by atoms with E-state index in [4.69, 9.17) is 5.73 Å². The minimum absolute atomic E-state index is 0.746. The second kappa shape index (κ2) is 6.94. The molecule has 25 heavy (non-hydrogen) atoms. The Hall–Kier alpha value is -2.86. The van der Waals surface area contributed by atoms with Gasteiger partial charge >= 0.3 is 0 Å². The number of nitrogens with two attached hydrogens (primary N) is 1. The minimum Gasteiger partial charge on any atom is -0.399 e. The van der Waals surface area contributed by atoms with Gasteiger partial charge in [-0.2, -0.15) is 0 Å². The standard InChI is InChI=1S/C19H22N6/c20-17-6-7-18(19(12-17)25-14-21-22-15-25)24-10-8-23(9-11-24)13-16-4-2-1-3-5-16/h1-7,12,14-15H,8-11,13,20H2. The van der Waals surface area contributed by atoms with Crippen LogP contribution in [0.1, 0.15) is 5.56 Å². The van der Waals surface area contributed by atoms with Crippen molar-refractivity contribution in [3.63, 3.8) is 0 Å². The Labute approximate surface area is 147 Å². The molecule has 0 unspecified atom stereocenters. The third-order valence-electron chi connectivity index (χ3n) is 4.66. The Morgan fingerprint density at radius 1 is 0.840 bits per heavy atom. The van der Waals surface area contributed by atoms with Gasteiger partial charge < -0.3 is 10.6 Å². The third-order valence-corrected chi connectivity index (χ3v) is 4.66. The van der Waals surface area contributed by atoms with Crippen LogP contribution in [-0.2, 0) is 6.54 Å². The van der Waals surface area contributed by atoms with Gasteiger partial charge in [-0.25, -0.2) is 0 Å². The molecular weight excluding hydrogens is 312 g/mol. The van der Waals surface area contributed by atoms with Gasteiger partial charge in [-0.1, -0.05) is 30.3 Å². The summed E-state index contributed by atoms with van der Waals surface area (Å²) in [4.78, 5) is 4.91. The largest absolute Gasteiger partial charge is 0.399 e. The van der Waals surface area contributed by atoms with Gasteiger partial charge in [0.1, 0.15) is 12.7 Å². The number of anilines is 2. The lowest BCUT2D eigenvalue weighted by Gasteiger charge is -2.37. The molecule has 0 saturated carbocycles. The predicted octanol–water partition coefficient (Wildman–Crippen LogP) is 2.17. The fourth-order valence-corrected chi connectivity index (χ4v) is 3.33. The van der Waals surface area contributed by atoms with Crippen molar-refractivity contribution in [3.05, 3.63) is 66.7 Å². The molecule has 1 saturated heterocycles. The molecule has 6 heteroatoms. The highest BCUT2D eigenvalue weighted by atomic mass is 15.3. The Balaban J connectivity index is 1.48. The summed E-state index contributed by atoms with van der Waals surface area (Å²) in [7, 11) is 0. The van der Waals surface area contributed by atoms with Crippen LogP contribution in [0, 0.1) is 0 Å². The topological polar surface area (TPSA) is 63.2 Å². The van der Waals surface area contributed by atoms with Gasteiger partial charge in [-0.3, -0.25) is 9.47 Å². The first-order valence-corrected chi connectivity index (χ1v) is 8.55. The monoisotopic (exact) mass is 334 g/mol. The van der Waals surface area contributed by atoms with Crippen LogP contribution < -0.4 is 10.6 Å². The van der Waals surface area contributed by atoms with Crippen LogP contribution in [0.15, 0.2) is 61.2 Å². The van der Waals surface area contributed by atoms with Gasteiger partial charge in [-0.05, 0) is 23.8 Å². The van der Waals surface area contributed by atoms with E-state index in [1.165, 1.54) is 11.3 Å². The average Bonchev–Trinajstić information content (AvgIpc) is 3.18. The van der Waals surface area contributed by atoms with Gasteiger partial charge in [-0.15, -0.1) is 10.2 Å². The fraction of sp³-hybridized carbons (Fsp3) is 0.263. The molecule has 0 spiro atoms. The second-order valence-electron chi connectivity index (χ2n) is 6.37. The Kier molecular flexibility index (Phi) is 4.35. The molecule has 1 aliphatic rings. The number of rotatable bonds is 4. The van der Waals surface area contributed by atoms with E-state index < -0.39 is 0 Å². The van der Waals surface area contributed by atoms with E-state index in [2.05, 4.69) is 56.4 Å². The first kappa shape index (κ1) is 15.7. The highest BCUT2D eigenvalue weighted by Gasteiger charge is 2.20. The van der Waals surface area contributed by atoms with Crippen LogP contribution in [0.2, 0.25) is 0 Å². The predicted molar refractivity (Wildman–Crippen MR) is 99.7 cm³/mol. The number of piperazine rings is 1. The first-order valence-electron chi connectivity index (χ1n) is 8.55. The molecule has 1 aromatic heterocycles. The second-order valence-corrected chi connectivity index (χ2v) is 6.37. The van der Waals surface area contributed by atoms with Crippen molar-refractivity contribution in [2.24, 2.45) is 0 Å². The molecule has 0 amide bonds. The van der Waals surface area contributed by atoms with E-state index in [-0.39, 0.29) is 0 Å². The molecule has 6 nitrogen and oxygen atoms in total. The molecule has 0 bridgehead atoms. The van der Waals surface area contributed by atoms with Crippen molar-refractivity contribution in [3.8, 4) is 5.69 Å². The Bertz CT molecular complexity index is 807. The summed E-state index contributed by atoms with van der Waals surface area (Å²) < 4.78 is 1.92. The highest BCUT2D eigenvalue weighted by Crippen LogP contribution is 2.27. The molecule has 2 N–H and O–H groups in total. The number of nitrogens with zero attached hydrogens (tertiary/aromatic N) is 5. The number of aromatic nitrogens is 3. The number of hydrogen-bond donors (Lipinski definition) is 1. The maximum absolute atomic E-state index is 5.99. The smallest absolute Gasteiger partial charge is 0.123 e. The summed E-state index contributed by atoms with van der Waals surface area (Å²) in [6, 6.07) is 16.7. The van der Waals surface area contributed by atoms with E-state index >= 15 is 0 Å². The molecule has 3 aromatic rings. The zero-order valence-electron chi connectivity index (χ0n) is 14.1. The van der Waals surface area contributed by atoms with Crippen molar-refractivity contribution in [1.82, 2.24) is 19.7 Å². The molecule has 1 aliphatic heterocycles. The van der Waals surface area contributed by atoms with Crippen molar-refractivity contribution in [2.75, 3.05) is 36.8 Å². The van der Waals surface area contributed by atoms with Crippen LogP contribution in [0.3, 0.4) is 0 Å². The number of hydrogen-bond acceptors (Lipinski definition) is 5. The van der Waals surface area contributed by atoms with Crippen LogP contribution >= 0.6 is 0 Å². The van der Waals surface area contributed by atoms with Crippen molar-refractivity contribution < 1.29 is 0 Å². The summed E-state index contributed by atoms with van der Waals surface area (Å²) in [5, 5.41) is 7.84. The summed E-state index contributed by atoms with van der Waals surface area (Å²) in [6.07, 6.45) is 3.42. The quantitative estimate of drug-likeness (QED) is 0.741. The minimum atomic E-state index is 0.746. The van der Waals surface area contributed by atoms with Gasteiger partial charge in [0, 0.05) is 38.4 Å². The van der Waals surface area contributed by atoms with Crippen LogP contribution in [0.5, 0.6) is 0 Å². The van der Waals surface area contributed by atoms with Gasteiger partial charge in [0.15, 0.2) is 0 Å². The van der Waals surface area contributed by atoms with Crippen LogP contribution in [-0.4, -0.2) is 45.8 Å². The lowest BCUT2D eigenvalue weighted by atomic mass is 10.1. The maximum atomic E-state index is 5.99. The number of nitrogen functional groups attached to an aromatic ring is 1. The molecular formula is C19H22N6.